The van der Waals surface area contributed by atoms with Crippen LogP contribution < -0.4 is 4.74 Å². The monoisotopic (exact) mass is 412 g/mol. The lowest BCUT2D eigenvalue weighted by atomic mass is 10.3. The third-order valence-electron chi connectivity index (χ3n) is 3.20. The smallest absolute Gasteiger partial charge is 0.313 e. The number of rotatable bonds is 15. The summed E-state index contributed by atoms with van der Waals surface area (Å²) in [5.74, 6) is -9.38. The summed E-state index contributed by atoms with van der Waals surface area (Å²) >= 11 is 0. The molecule has 0 amide bonds. The fourth-order valence-corrected chi connectivity index (χ4v) is 1.87. The zero-order valence-corrected chi connectivity index (χ0v) is 15.6. The molecule has 0 N–H and O–H groups in total. The lowest BCUT2D eigenvalue weighted by Gasteiger charge is -2.09. The van der Waals surface area contributed by atoms with Gasteiger partial charge in [0.1, 0.15) is 0 Å². The van der Waals surface area contributed by atoms with E-state index in [-0.39, 0.29) is 32.3 Å². The third-order valence-corrected chi connectivity index (χ3v) is 3.20. The Kier molecular flexibility index (Phi) is 12.4. The van der Waals surface area contributed by atoms with Gasteiger partial charge in [0.2, 0.25) is 17.4 Å². The van der Waals surface area contributed by atoms with Gasteiger partial charge >= 0.3 is 5.97 Å². The quantitative estimate of drug-likeness (QED) is 0.145. The number of benzene rings is 1. The molecule has 10 heteroatoms. The van der Waals surface area contributed by atoms with Gasteiger partial charge < -0.3 is 23.7 Å². The molecular formula is C18H24F4O6. The Morgan fingerprint density at radius 3 is 1.64 bits per heavy atom. The molecule has 0 fully saturated rings. The Bertz CT molecular complexity index is 574. The molecule has 28 heavy (non-hydrogen) atoms. The SMILES string of the molecule is CCCOCCOCCOCCOCCC(=O)Oc1c(F)c(F)cc(F)c1F. The van der Waals surface area contributed by atoms with Gasteiger partial charge in [-0.15, -0.1) is 0 Å². The van der Waals surface area contributed by atoms with Crippen LogP contribution in [-0.4, -0.2) is 58.8 Å². The first kappa shape index (κ1) is 24.3. The highest BCUT2D eigenvalue weighted by Gasteiger charge is 2.22. The van der Waals surface area contributed by atoms with E-state index < -0.39 is 35.0 Å². The largest absolute Gasteiger partial charge is 0.420 e. The molecule has 0 spiro atoms. The molecular weight excluding hydrogens is 388 g/mol. The third kappa shape index (κ3) is 9.45. The topological polar surface area (TPSA) is 63.2 Å². The minimum absolute atomic E-state index is 0.0242. The summed E-state index contributed by atoms with van der Waals surface area (Å²) in [6.07, 6.45) is 0.593. The average molecular weight is 412 g/mol. The number of carbonyl (C=O) groups excluding carboxylic acids is 1. The standard InChI is InChI=1S/C18H24F4O6/c1-2-4-24-6-8-26-10-11-27-9-7-25-5-3-15(23)28-18-16(21)13(19)12-14(20)17(18)22/h12H,2-11H2,1H3. The molecule has 0 atom stereocenters. The first-order valence-corrected chi connectivity index (χ1v) is 8.82. The number of hydrogen-bond acceptors (Lipinski definition) is 6. The molecule has 0 aliphatic carbocycles. The van der Waals surface area contributed by atoms with E-state index in [9.17, 15) is 22.4 Å². The second kappa shape index (κ2) is 14.3. The summed E-state index contributed by atoms with van der Waals surface area (Å²) in [5.41, 5.74) is 0. The van der Waals surface area contributed by atoms with Gasteiger partial charge in [-0.1, -0.05) is 6.92 Å². The van der Waals surface area contributed by atoms with Crippen molar-refractivity contribution in [2.24, 2.45) is 0 Å². The van der Waals surface area contributed by atoms with E-state index >= 15 is 0 Å². The van der Waals surface area contributed by atoms with E-state index in [1.807, 2.05) is 6.92 Å². The number of carbonyl (C=O) groups is 1. The van der Waals surface area contributed by atoms with Crippen LogP contribution in [0.2, 0.25) is 0 Å². The van der Waals surface area contributed by atoms with Crippen molar-refractivity contribution in [2.75, 3.05) is 52.9 Å². The summed E-state index contributed by atoms with van der Waals surface area (Å²) in [6, 6.07) is 0.0242. The van der Waals surface area contributed by atoms with Crippen LogP contribution in [0, 0.1) is 23.3 Å². The molecule has 1 rings (SSSR count). The molecule has 0 heterocycles. The second-order valence-electron chi connectivity index (χ2n) is 5.47. The van der Waals surface area contributed by atoms with Gasteiger partial charge in [0, 0.05) is 12.7 Å². The van der Waals surface area contributed by atoms with Crippen LogP contribution in [0.1, 0.15) is 19.8 Å². The highest BCUT2D eigenvalue weighted by Crippen LogP contribution is 2.26. The number of esters is 1. The molecule has 1 aromatic carbocycles. The molecule has 0 aliphatic rings. The number of hydrogen-bond donors (Lipinski definition) is 0. The van der Waals surface area contributed by atoms with Gasteiger partial charge in [-0.25, -0.2) is 8.78 Å². The van der Waals surface area contributed by atoms with Crippen molar-refractivity contribution >= 4 is 5.97 Å². The summed E-state index contributed by atoms with van der Waals surface area (Å²) < 4.78 is 77.9. The van der Waals surface area contributed by atoms with E-state index in [1.54, 1.807) is 0 Å². The first-order valence-electron chi connectivity index (χ1n) is 8.82. The molecule has 0 aliphatic heterocycles. The maximum atomic E-state index is 13.4. The van der Waals surface area contributed by atoms with Crippen molar-refractivity contribution < 1.29 is 46.0 Å². The lowest BCUT2D eigenvalue weighted by Crippen LogP contribution is -2.16. The molecule has 0 aromatic heterocycles. The maximum absolute atomic E-state index is 13.4. The predicted octanol–water partition coefficient (Wildman–Crippen LogP) is 3.01. The van der Waals surface area contributed by atoms with E-state index in [0.29, 0.717) is 33.0 Å². The Morgan fingerprint density at radius 1 is 0.750 bits per heavy atom. The maximum Gasteiger partial charge on any atom is 0.313 e. The number of ether oxygens (including phenoxy) is 5. The van der Waals surface area contributed by atoms with Gasteiger partial charge in [0.25, 0.3) is 0 Å². The van der Waals surface area contributed by atoms with Gasteiger partial charge in [-0.05, 0) is 6.42 Å². The van der Waals surface area contributed by atoms with Crippen molar-refractivity contribution in [3.8, 4) is 5.75 Å². The second-order valence-corrected chi connectivity index (χ2v) is 5.47. The normalized spacial score (nSPS) is 11.0. The number of halogens is 4. The summed E-state index contributed by atoms with van der Waals surface area (Å²) in [6.45, 7) is 4.81. The fourth-order valence-electron chi connectivity index (χ4n) is 1.87. The average Bonchev–Trinajstić information content (AvgIpc) is 2.67. The van der Waals surface area contributed by atoms with Crippen molar-refractivity contribution in [2.45, 2.75) is 19.8 Å². The van der Waals surface area contributed by atoms with E-state index in [4.69, 9.17) is 18.9 Å². The summed E-state index contributed by atoms with van der Waals surface area (Å²) in [7, 11) is 0. The Morgan fingerprint density at radius 2 is 1.18 bits per heavy atom. The van der Waals surface area contributed by atoms with Crippen molar-refractivity contribution in [1.82, 2.24) is 0 Å². The van der Waals surface area contributed by atoms with Crippen LogP contribution in [0.25, 0.3) is 0 Å². The van der Waals surface area contributed by atoms with Crippen LogP contribution in [0.3, 0.4) is 0 Å². The predicted molar refractivity (Wildman–Crippen MR) is 90.1 cm³/mol. The van der Waals surface area contributed by atoms with Crippen LogP contribution >= 0.6 is 0 Å². The minimum Gasteiger partial charge on any atom is -0.420 e. The van der Waals surface area contributed by atoms with Crippen molar-refractivity contribution in [3.63, 3.8) is 0 Å². The highest BCUT2D eigenvalue weighted by molar-refractivity contribution is 5.72. The molecule has 1 aromatic rings. The zero-order valence-electron chi connectivity index (χ0n) is 15.6. The van der Waals surface area contributed by atoms with Crippen LogP contribution in [0.4, 0.5) is 17.6 Å². The molecule has 6 nitrogen and oxygen atoms in total. The fraction of sp³-hybridized carbons (Fsp3) is 0.611. The lowest BCUT2D eigenvalue weighted by molar-refractivity contribution is -0.136. The van der Waals surface area contributed by atoms with Gasteiger partial charge in [-0.2, -0.15) is 8.78 Å². The molecule has 0 bridgehead atoms. The summed E-state index contributed by atoms with van der Waals surface area (Å²) in [5, 5.41) is 0. The Hall–Kier alpha value is -1.75. The van der Waals surface area contributed by atoms with Crippen LogP contribution in [-0.2, 0) is 23.7 Å². The van der Waals surface area contributed by atoms with Gasteiger partial charge in [0.05, 0.1) is 52.7 Å². The minimum atomic E-state index is -1.78. The van der Waals surface area contributed by atoms with E-state index in [1.165, 1.54) is 0 Å². The van der Waals surface area contributed by atoms with Crippen molar-refractivity contribution in [1.29, 1.82) is 0 Å². The summed E-state index contributed by atoms with van der Waals surface area (Å²) in [4.78, 5) is 11.5. The first-order chi connectivity index (χ1) is 13.5. The molecule has 0 saturated heterocycles. The van der Waals surface area contributed by atoms with E-state index in [2.05, 4.69) is 4.74 Å². The molecule has 0 radical (unpaired) electrons. The highest BCUT2D eigenvalue weighted by atomic mass is 19.2. The van der Waals surface area contributed by atoms with Crippen LogP contribution in [0.5, 0.6) is 5.75 Å². The molecule has 0 saturated carbocycles. The Balaban J connectivity index is 2.06. The van der Waals surface area contributed by atoms with Gasteiger partial charge in [0.15, 0.2) is 11.6 Å². The van der Waals surface area contributed by atoms with E-state index in [0.717, 1.165) is 6.42 Å². The van der Waals surface area contributed by atoms with Crippen LogP contribution in [0.15, 0.2) is 6.07 Å². The molecule has 160 valence electrons. The Labute approximate surface area is 160 Å². The zero-order chi connectivity index (χ0) is 20.8. The van der Waals surface area contributed by atoms with Gasteiger partial charge in [-0.3, -0.25) is 4.79 Å². The molecule has 0 unspecified atom stereocenters. The van der Waals surface area contributed by atoms with Crippen molar-refractivity contribution in [3.05, 3.63) is 29.3 Å².